The first-order valence-electron chi connectivity index (χ1n) is 23.3. The van der Waals surface area contributed by atoms with Gasteiger partial charge in [0.1, 0.15) is 5.58 Å². The van der Waals surface area contributed by atoms with Gasteiger partial charge in [0.15, 0.2) is 5.58 Å². The second kappa shape index (κ2) is 15.9. The molecule has 13 rings (SSSR count). The first kappa shape index (κ1) is 39.9. The van der Waals surface area contributed by atoms with E-state index < -0.39 is 0 Å². The lowest BCUT2D eigenvalue weighted by Gasteiger charge is -2.30. The van der Waals surface area contributed by atoms with Gasteiger partial charge in [0.05, 0.1) is 11.4 Å². The zero-order chi connectivity index (χ0) is 45.3. The molecular weight excluding hydrogens is 847 g/mol. The topological polar surface area (TPSA) is 22.9 Å². The molecule has 0 fully saturated rings. The highest BCUT2D eigenvalue weighted by Crippen LogP contribution is 2.53. The number of fused-ring (bicyclic) bond motifs is 9. The fraction of sp³-hybridized carbons (Fsp3) is 0.0476. The third-order valence-electron chi connectivity index (χ3n) is 13.8. The predicted molar refractivity (Wildman–Crippen MR) is 288 cm³/mol. The molecule has 324 valence electrons. The molecule has 1 aliphatic rings. The van der Waals surface area contributed by atoms with Crippen LogP contribution in [-0.2, 0) is 5.41 Å². The van der Waals surface area contributed by atoms with Crippen LogP contribution < -0.4 is 14.7 Å². The molecule has 0 saturated heterocycles. The van der Waals surface area contributed by atoms with Gasteiger partial charge < -0.3 is 19.1 Å². The molecule has 0 bridgehead atoms. The van der Waals surface area contributed by atoms with Gasteiger partial charge in [-0.15, -0.1) is 11.3 Å². The molecule has 5 heteroatoms. The minimum Gasteiger partial charge on any atom is -0.454 e. The molecule has 0 radical (unpaired) electrons. The van der Waals surface area contributed by atoms with E-state index in [1.54, 1.807) is 0 Å². The first-order valence-corrected chi connectivity index (χ1v) is 24.1. The Morgan fingerprint density at radius 3 is 1.65 bits per heavy atom. The van der Waals surface area contributed by atoms with E-state index in [1.807, 2.05) is 17.4 Å². The maximum atomic E-state index is 6.82. The van der Waals surface area contributed by atoms with Crippen LogP contribution in [0.25, 0.3) is 53.2 Å². The van der Waals surface area contributed by atoms with Gasteiger partial charge in [-0.05, 0) is 131 Å². The number of nitrogens with zero attached hydrogens (tertiary/aromatic N) is 3. The molecule has 4 nitrogen and oxygen atoms in total. The fourth-order valence-electron chi connectivity index (χ4n) is 10.7. The Kier molecular flexibility index (Phi) is 9.34. The number of hydrogen-bond acceptors (Lipinski definition) is 5. The molecule has 2 aromatic heterocycles. The van der Waals surface area contributed by atoms with Crippen LogP contribution in [0.1, 0.15) is 25.0 Å². The SMILES string of the molecule is CC1(C)c2ccccc2-c2ccc(N(c3ccc4sc5cccc(N(c6ccccc6)c6cccc(N(c7ccccc7)c7ccccc7)c6)c5c4c3)c3cccc4c3oc3ccccc34)cc21. The summed E-state index contributed by atoms with van der Waals surface area (Å²) in [5.74, 6) is 0. The fourth-order valence-corrected chi connectivity index (χ4v) is 11.8. The van der Waals surface area contributed by atoms with E-state index in [4.69, 9.17) is 4.42 Å². The smallest absolute Gasteiger partial charge is 0.159 e. The van der Waals surface area contributed by atoms with Crippen molar-refractivity contribution in [1.29, 1.82) is 0 Å². The van der Waals surface area contributed by atoms with E-state index in [0.29, 0.717) is 0 Å². The quantitative estimate of drug-likeness (QED) is 0.144. The molecule has 0 unspecified atom stereocenters. The third kappa shape index (κ3) is 6.42. The molecule has 0 aliphatic heterocycles. The van der Waals surface area contributed by atoms with Crippen molar-refractivity contribution in [2.24, 2.45) is 0 Å². The number of para-hydroxylation sites is 5. The van der Waals surface area contributed by atoms with Gasteiger partial charge in [-0.3, -0.25) is 0 Å². The predicted octanol–water partition coefficient (Wildman–Crippen LogP) is 18.7. The highest BCUT2D eigenvalue weighted by Gasteiger charge is 2.36. The molecular formula is C63H45N3OS. The molecule has 0 amide bonds. The Balaban J connectivity index is 1.02. The summed E-state index contributed by atoms with van der Waals surface area (Å²) in [6, 6.07) is 85.5. The van der Waals surface area contributed by atoms with Crippen molar-refractivity contribution in [3.05, 3.63) is 248 Å². The van der Waals surface area contributed by atoms with Crippen LogP contribution in [-0.4, -0.2) is 0 Å². The van der Waals surface area contributed by atoms with E-state index in [-0.39, 0.29) is 5.41 Å². The third-order valence-corrected chi connectivity index (χ3v) is 14.9. The molecule has 0 spiro atoms. The molecule has 2 heterocycles. The van der Waals surface area contributed by atoms with E-state index in [1.165, 1.54) is 42.4 Å². The van der Waals surface area contributed by atoms with Crippen LogP contribution in [0.5, 0.6) is 0 Å². The van der Waals surface area contributed by atoms with Crippen molar-refractivity contribution in [2.45, 2.75) is 19.3 Å². The monoisotopic (exact) mass is 891 g/mol. The minimum absolute atomic E-state index is 0.168. The first-order chi connectivity index (χ1) is 33.5. The van der Waals surface area contributed by atoms with Gasteiger partial charge in [-0.2, -0.15) is 0 Å². The summed E-state index contributed by atoms with van der Waals surface area (Å²) < 4.78 is 9.27. The van der Waals surface area contributed by atoms with Gasteiger partial charge in [-0.25, -0.2) is 0 Å². The van der Waals surface area contributed by atoms with Crippen molar-refractivity contribution < 1.29 is 4.42 Å². The molecule has 10 aromatic carbocycles. The molecule has 0 N–H and O–H groups in total. The van der Waals surface area contributed by atoms with Crippen molar-refractivity contribution in [3.8, 4) is 11.1 Å². The van der Waals surface area contributed by atoms with Crippen molar-refractivity contribution in [3.63, 3.8) is 0 Å². The second-order valence-electron chi connectivity index (χ2n) is 18.1. The van der Waals surface area contributed by atoms with E-state index in [2.05, 4.69) is 259 Å². The van der Waals surface area contributed by atoms with E-state index >= 15 is 0 Å². The summed E-state index contributed by atoms with van der Waals surface area (Å²) in [5, 5.41) is 4.61. The van der Waals surface area contributed by atoms with E-state index in [9.17, 15) is 0 Å². The standard InChI is InChI=1S/C63H45N3OS/c1-63(2)54-30-14-12-27-49(54)50-37-35-48(41-55(50)63)66(57-32-17-29-52-51-28-13-15-33-58(51)67-62(52)57)47-36-38-59-53(40-47)61-56(31-18-34-60(61)68-59)65(44-23-10-5-11-24-44)46-26-16-25-45(39-46)64(42-19-6-3-7-20-42)43-21-8-4-9-22-43/h3-41H,1-2H3. The van der Waals surface area contributed by atoms with Crippen LogP contribution in [0.15, 0.2) is 241 Å². The summed E-state index contributed by atoms with van der Waals surface area (Å²) >= 11 is 1.84. The molecule has 68 heavy (non-hydrogen) atoms. The summed E-state index contributed by atoms with van der Waals surface area (Å²) in [5.41, 5.74) is 16.5. The lowest BCUT2D eigenvalue weighted by atomic mass is 9.82. The maximum absolute atomic E-state index is 6.82. The second-order valence-corrected chi connectivity index (χ2v) is 19.2. The van der Waals surface area contributed by atoms with Crippen molar-refractivity contribution >= 4 is 105 Å². The Morgan fingerprint density at radius 2 is 0.882 bits per heavy atom. The van der Waals surface area contributed by atoms with Crippen LogP contribution in [0.3, 0.4) is 0 Å². The van der Waals surface area contributed by atoms with Crippen molar-refractivity contribution in [2.75, 3.05) is 14.7 Å². The summed E-state index contributed by atoms with van der Waals surface area (Å²) in [6.45, 7) is 4.71. The number of hydrogen-bond donors (Lipinski definition) is 0. The van der Waals surface area contributed by atoms with Crippen LogP contribution >= 0.6 is 11.3 Å². The lowest BCUT2D eigenvalue weighted by Crippen LogP contribution is -2.16. The highest BCUT2D eigenvalue weighted by molar-refractivity contribution is 7.26. The average molecular weight is 892 g/mol. The Labute approximate surface area is 399 Å². The van der Waals surface area contributed by atoms with Crippen molar-refractivity contribution in [1.82, 2.24) is 0 Å². The summed E-state index contributed by atoms with van der Waals surface area (Å²) in [7, 11) is 0. The largest absolute Gasteiger partial charge is 0.454 e. The van der Waals surface area contributed by atoms with Gasteiger partial charge in [0.25, 0.3) is 0 Å². The summed E-state index contributed by atoms with van der Waals surface area (Å²) in [4.78, 5) is 7.16. The molecule has 12 aromatic rings. The number of thiophene rings is 1. The lowest BCUT2D eigenvalue weighted by molar-refractivity contribution is 0.660. The number of benzene rings is 10. The summed E-state index contributed by atoms with van der Waals surface area (Å²) in [6.07, 6.45) is 0. The van der Waals surface area contributed by atoms with Crippen LogP contribution in [0.4, 0.5) is 51.2 Å². The minimum atomic E-state index is -0.168. The zero-order valence-electron chi connectivity index (χ0n) is 37.7. The molecule has 0 atom stereocenters. The number of rotatable bonds is 9. The zero-order valence-corrected chi connectivity index (χ0v) is 38.5. The Morgan fingerprint density at radius 1 is 0.353 bits per heavy atom. The van der Waals surface area contributed by atoms with Crippen LogP contribution in [0.2, 0.25) is 0 Å². The van der Waals surface area contributed by atoms with Crippen LogP contribution in [0, 0.1) is 0 Å². The highest BCUT2D eigenvalue weighted by atomic mass is 32.1. The molecule has 1 aliphatic carbocycles. The molecule has 0 saturated carbocycles. The number of anilines is 9. The number of furan rings is 1. The van der Waals surface area contributed by atoms with Gasteiger partial charge in [0, 0.05) is 76.2 Å². The average Bonchev–Trinajstić information content (AvgIpc) is 4.03. The Bertz CT molecular complexity index is 3820. The van der Waals surface area contributed by atoms with Gasteiger partial charge in [-0.1, -0.05) is 141 Å². The van der Waals surface area contributed by atoms with E-state index in [0.717, 1.165) is 73.1 Å². The normalized spacial score (nSPS) is 12.7. The Hall–Kier alpha value is -8.38. The van der Waals surface area contributed by atoms with Gasteiger partial charge in [0.2, 0.25) is 0 Å². The maximum Gasteiger partial charge on any atom is 0.159 e. The van der Waals surface area contributed by atoms with Gasteiger partial charge >= 0.3 is 0 Å².